The Hall–Kier alpha value is -5.13. The molecule has 0 radical (unpaired) electrons. The number of nitrogens with zero attached hydrogens (tertiary/aromatic N) is 3. The van der Waals surface area contributed by atoms with Crippen LogP contribution < -0.4 is 14.4 Å². The van der Waals surface area contributed by atoms with Crippen molar-refractivity contribution < 1.29 is 13.2 Å². The minimum atomic E-state index is -3.43. The van der Waals surface area contributed by atoms with E-state index in [4.69, 9.17) is 4.74 Å². The van der Waals surface area contributed by atoms with Crippen molar-refractivity contribution in [1.29, 1.82) is 5.26 Å². The number of aromatic nitrogens is 1. The smallest absolute Gasteiger partial charge is 0.229 e. The molecule has 0 aliphatic rings. The molecule has 5 aromatic rings. The third-order valence-corrected chi connectivity index (χ3v) is 7.84. The Bertz CT molecular complexity index is 1850. The largest absolute Gasteiger partial charge is 0.457 e. The van der Waals surface area contributed by atoms with Crippen molar-refractivity contribution in [1.82, 2.24) is 4.98 Å². The Labute approximate surface area is 259 Å². The van der Waals surface area contributed by atoms with Crippen LogP contribution in [0, 0.1) is 18.3 Å². The van der Waals surface area contributed by atoms with Crippen LogP contribution in [-0.2, 0) is 36.0 Å². The summed E-state index contributed by atoms with van der Waals surface area (Å²) >= 11 is 0. The normalized spacial score (nSPS) is 11.0. The predicted octanol–water partition coefficient (Wildman–Crippen LogP) is 7.42. The number of benzene rings is 4. The lowest BCUT2D eigenvalue weighted by Gasteiger charge is -2.28. The standard InChI is InChI=1S/C36H34N4O3S/c1-27-35(39-44(2,41)42)9-4-10-36(27)40(25-31-15-12-29(23-37)13-16-31)26-32-17-19-33(20-18-32)43-34-8-3-6-28(22-34)11-14-30-7-5-21-38-24-30/h3-10,12-13,15-22,24,39H,11,14,25-26H2,1-2H3. The molecule has 0 bridgehead atoms. The Morgan fingerprint density at radius 1 is 0.795 bits per heavy atom. The van der Waals surface area contributed by atoms with Crippen molar-refractivity contribution in [2.45, 2.75) is 32.9 Å². The Morgan fingerprint density at radius 2 is 1.45 bits per heavy atom. The number of hydrogen-bond donors (Lipinski definition) is 1. The molecule has 0 aliphatic carbocycles. The fourth-order valence-corrected chi connectivity index (χ4v) is 5.65. The van der Waals surface area contributed by atoms with Crippen LogP contribution in [0.4, 0.5) is 11.4 Å². The van der Waals surface area contributed by atoms with Gasteiger partial charge in [0.1, 0.15) is 11.5 Å². The molecule has 8 heteroatoms. The number of nitrogens with one attached hydrogen (secondary N) is 1. The Balaban J connectivity index is 1.32. The van der Waals surface area contributed by atoms with E-state index in [-0.39, 0.29) is 0 Å². The molecule has 0 unspecified atom stereocenters. The van der Waals surface area contributed by atoms with Crippen LogP contribution in [0.25, 0.3) is 0 Å². The van der Waals surface area contributed by atoms with Crippen molar-refractivity contribution in [3.63, 3.8) is 0 Å². The second-order valence-corrected chi connectivity index (χ2v) is 12.5. The zero-order chi connectivity index (χ0) is 30.9. The van der Waals surface area contributed by atoms with Crippen LogP contribution in [-0.4, -0.2) is 19.7 Å². The van der Waals surface area contributed by atoms with Gasteiger partial charge in [-0.15, -0.1) is 0 Å². The number of nitriles is 1. The lowest BCUT2D eigenvalue weighted by Crippen LogP contribution is -2.23. The molecule has 0 saturated heterocycles. The summed E-state index contributed by atoms with van der Waals surface area (Å²) in [5, 5.41) is 9.21. The molecule has 1 aromatic heterocycles. The van der Waals surface area contributed by atoms with E-state index in [1.807, 2.05) is 92.0 Å². The van der Waals surface area contributed by atoms with Gasteiger partial charge in [0.2, 0.25) is 10.0 Å². The van der Waals surface area contributed by atoms with E-state index in [9.17, 15) is 13.7 Å². The van der Waals surface area contributed by atoms with E-state index in [0.29, 0.717) is 24.3 Å². The fraction of sp³-hybridized carbons (Fsp3) is 0.167. The van der Waals surface area contributed by atoms with Gasteiger partial charge < -0.3 is 9.64 Å². The molecule has 0 aliphatic heterocycles. The molecule has 1 N–H and O–H groups in total. The van der Waals surface area contributed by atoms with E-state index in [2.05, 4.69) is 38.9 Å². The van der Waals surface area contributed by atoms with E-state index in [1.165, 1.54) is 11.1 Å². The van der Waals surface area contributed by atoms with E-state index >= 15 is 0 Å². The molecule has 0 saturated carbocycles. The first-order chi connectivity index (χ1) is 21.3. The van der Waals surface area contributed by atoms with Crippen molar-refractivity contribution >= 4 is 21.4 Å². The minimum absolute atomic E-state index is 0.543. The highest BCUT2D eigenvalue weighted by molar-refractivity contribution is 7.92. The summed E-state index contributed by atoms with van der Waals surface area (Å²) in [6, 6.07) is 35.5. The molecule has 4 aromatic carbocycles. The molecule has 0 fully saturated rings. The van der Waals surface area contributed by atoms with E-state index < -0.39 is 10.0 Å². The van der Waals surface area contributed by atoms with Gasteiger partial charge in [-0.2, -0.15) is 5.26 Å². The molecule has 222 valence electrons. The second-order valence-electron chi connectivity index (χ2n) is 10.7. The number of anilines is 2. The van der Waals surface area contributed by atoms with Crippen LogP contribution in [0.1, 0.15) is 33.4 Å². The van der Waals surface area contributed by atoms with Gasteiger partial charge in [0.05, 0.1) is 23.6 Å². The van der Waals surface area contributed by atoms with Gasteiger partial charge in [-0.1, -0.05) is 48.5 Å². The zero-order valence-electron chi connectivity index (χ0n) is 24.8. The van der Waals surface area contributed by atoms with Gasteiger partial charge in [-0.25, -0.2) is 8.42 Å². The van der Waals surface area contributed by atoms with E-state index in [1.54, 1.807) is 12.3 Å². The SMILES string of the molecule is Cc1c(NS(C)(=O)=O)cccc1N(Cc1ccc(C#N)cc1)Cc1ccc(Oc2cccc(CCc3cccnc3)c2)cc1. The van der Waals surface area contributed by atoms with Crippen LogP contribution in [0.5, 0.6) is 11.5 Å². The van der Waals surface area contributed by atoms with Gasteiger partial charge in [0.15, 0.2) is 0 Å². The lowest BCUT2D eigenvalue weighted by atomic mass is 10.1. The first kappa shape index (κ1) is 30.3. The molecule has 44 heavy (non-hydrogen) atoms. The average Bonchev–Trinajstić information content (AvgIpc) is 3.02. The number of rotatable bonds is 12. The molecular weight excluding hydrogens is 568 g/mol. The number of ether oxygens (including phenoxy) is 1. The monoisotopic (exact) mass is 602 g/mol. The van der Waals surface area contributed by atoms with E-state index in [0.717, 1.165) is 53.0 Å². The van der Waals surface area contributed by atoms with Crippen molar-refractivity contribution in [3.05, 3.63) is 149 Å². The molecule has 5 rings (SSSR count). The summed E-state index contributed by atoms with van der Waals surface area (Å²) in [5.74, 6) is 1.53. The highest BCUT2D eigenvalue weighted by Crippen LogP contribution is 2.31. The molecular formula is C36H34N4O3S. The predicted molar refractivity (Wildman–Crippen MR) is 175 cm³/mol. The summed E-state index contributed by atoms with van der Waals surface area (Å²) in [6.07, 6.45) is 6.65. The number of pyridine rings is 1. The zero-order valence-corrected chi connectivity index (χ0v) is 25.6. The molecule has 0 spiro atoms. The van der Waals surface area contributed by atoms with Gasteiger partial charge in [-0.3, -0.25) is 9.71 Å². The summed E-state index contributed by atoms with van der Waals surface area (Å²) in [6.45, 7) is 3.06. The lowest BCUT2D eigenvalue weighted by molar-refractivity contribution is 0.481. The Kier molecular flexibility index (Phi) is 9.58. The third-order valence-electron chi connectivity index (χ3n) is 7.25. The van der Waals surface area contributed by atoms with Crippen LogP contribution >= 0.6 is 0 Å². The van der Waals surface area contributed by atoms with Gasteiger partial charge in [0, 0.05) is 31.2 Å². The maximum atomic E-state index is 12.0. The Morgan fingerprint density at radius 3 is 2.11 bits per heavy atom. The van der Waals surface area contributed by atoms with Crippen molar-refractivity contribution in [2.24, 2.45) is 0 Å². The quantitative estimate of drug-likeness (QED) is 0.160. The van der Waals surface area contributed by atoms with Gasteiger partial charge >= 0.3 is 0 Å². The average molecular weight is 603 g/mol. The molecule has 0 atom stereocenters. The third kappa shape index (κ3) is 8.46. The van der Waals surface area contributed by atoms with Crippen LogP contribution in [0.3, 0.4) is 0 Å². The fourth-order valence-electron chi connectivity index (χ4n) is 5.03. The van der Waals surface area contributed by atoms with Crippen LogP contribution in [0.15, 0.2) is 116 Å². The number of sulfonamides is 1. The van der Waals surface area contributed by atoms with Crippen LogP contribution in [0.2, 0.25) is 0 Å². The van der Waals surface area contributed by atoms with Gasteiger partial charge in [0.25, 0.3) is 0 Å². The number of hydrogen-bond acceptors (Lipinski definition) is 6. The second kappa shape index (κ2) is 13.9. The summed E-state index contributed by atoms with van der Waals surface area (Å²) in [4.78, 5) is 6.40. The molecule has 1 heterocycles. The maximum Gasteiger partial charge on any atom is 0.229 e. The topological polar surface area (TPSA) is 95.3 Å². The summed E-state index contributed by atoms with van der Waals surface area (Å²) < 4.78 is 32.8. The molecule has 7 nitrogen and oxygen atoms in total. The van der Waals surface area contributed by atoms with Crippen molar-refractivity contribution in [3.8, 4) is 17.6 Å². The molecule has 0 amide bonds. The minimum Gasteiger partial charge on any atom is -0.457 e. The maximum absolute atomic E-state index is 12.0. The first-order valence-corrected chi connectivity index (χ1v) is 16.2. The van der Waals surface area contributed by atoms with Gasteiger partial charge in [-0.05, 0) is 102 Å². The number of aryl methyl sites for hydroxylation is 2. The highest BCUT2D eigenvalue weighted by Gasteiger charge is 2.15. The van der Waals surface area contributed by atoms with Crippen molar-refractivity contribution in [2.75, 3.05) is 15.9 Å². The summed E-state index contributed by atoms with van der Waals surface area (Å²) in [5.41, 5.74) is 7.39. The first-order valence-electron chi connectivity index (χ1n) is 14.3. The summed E-state index contributed by atoms with van der Waals surface area (Å²) in [7, 11) is -3.43. The highest BCUT2D eigenvalue weighted by atomic mass is 32.2.